The molecule has 4 heteroatoms. The zero-order valence-electron chi connectivity index (χ0n) is 13.3. The summed E-state index contributed by atoms with van der Waals surface area (Å²) in [6.07, 6.45) is 7.51. The molecule has 118 valence electrons. The average molecular weight is 298 g/mol. The molecule has 0 radical (unpaired) electrons. The predicted octanol–water partition coefficient (Wildman–Crippen LogP) is 2.50. The Morgan fingerprint density at radius 1 is 1.14 bits per heavy atom. The van der Waals surface area contributed by atoms with E-state index >= 15 is 0 Å². The first-order valence-electron chi connectivity index (χ1n) is 8.68. The first-order chi connectivity index (χ1) is 10.8. The molecular weight excluding hydrogens is 272 g/mol. The average Bonchev–Trinajstić information content (AvgIpc) is 2.97. The third-order valence-electron chi connectivity index (χ3n) is 5.49. The number of fused-ring (bicyclic) bond motifs is 1. The fourth-order valence-corrected chi connectivity index (χ4v) is 4.32. The van der Waals surface area contributed by atoms with Gasteiger partial charge in [-0.3, -0.25) is 0 Å². The number of nitrogens with one attached hydrogen (secondary N) is 1. The normalized spacial score (nSPS) is 26.7. The number of nitrogens with zero attached hydrogens (tertiary/aromatic N) is 3. The van der Waals surface area contributed by atoms with Crippen molar-refractivity contribution in [1.29, 1.82) is 0 Å². The van der Waals surface area contributed by atoms with Crippen molar-refractivity contribution in [1.82, 2.24) is 19.8 Å². The van der Waals surface area contributed by atoms with Gasteiger partial charge in [-0.2, -0.15) is 0 Å². The van der Waals surface area contributed by atoms with Gasteiger partial charge in [0.25, 0.3) is 0 Å². The van der Waals surface area contributed by atoms with Crippen LogP contribution in [0.3, 0.4) is 0 Å². The molecule has 0 saturated carbocycles. The number of para-hydroxylation sites is 2. The van der Waals surface area contributed by atoms with Gasteiger partial charge >= 0.3 is 0 Å². The van der Waals surface area contributed by atoms with E-state index in [0.29, 0.717) is 5.41 Å². The van der Waals surface area contributed by atoms with Gasteiger partial charge in [0.2, 0.25) is 0 Å². The van der Waals surface area contributed by atoms with Gasteiger partial charge in [0.15, 0.2) is 0 Å². The van der Waals surface area contributed by atoms with Crippen LogP contribution < -0.4 is 5.32 Å². The van der Waals surface area contributed by atoms with Crippen LogP contribution in [0.2, 0.25) is 0 Å². The van der Waals surface area contributed by atoms with Crippen LogP contribution >= 0.6 is 0 Å². The fraction of sp³-hybridized carbons (Fsp3) is 0.611. The Balaban J connectivity index is 1.41. The van der Waals surface area contributed by atoms with Gasteiger partial charge < -0.3 is 14.8 Å². The highest BCUT2D eigenvalue weighted by Gasteiger charge is 2.36. The number of hydrogen-bond acceptors (Lipinski definition) is 3. The molecule has 1 atom stereocenters. The van der Waals surface area contributed by atoms with Crippen molar-refractivity contribution in [2.45, 2.75) is 32.2 Å². The van der Waals surface area contributed by atoms with Gasteiger partial charge in [-0.15, -0.1) is 0 Å². The van der Waals surface area contributed by atoms with Crippen LogP contribution in [0.5, 0.6) is 0 Å². The van der Waals surface area contributed by atoms with Gasteiger partial charge in [0.05, 0.1) is 17.4 Å². The van der Waals surface area contributed by atoms with Gasteiger partial charge in [-0.05, 0) is 56.3 Å². The predicted molar refractivity (Wildman–Crippen MR) is 89.9 cm³/mol. The van der Waals surface area contributed by atoms with E-state index in [2.05, 4.69) is 44.0 Å². The number of rotatable bonds is 3. The number of likely N-dealkylation sites (tertiary alicyclic amines) is 1. The minimum Gasteiger partial charge on any atom is -0.329 e. The molecule has 2 aliphatic rings. The molecule has 1 aromatic carbocycles. The monoisotopic (exact) mass is 298 g/mol. The Labute approximate surface area is 132 Å². The second kappa shape index (κ2) is 6.01. The molecule has 1 unspecified atom stereocenters. The van der Waals surface area contributed by atoms with Crippen molar-refractivity contribution in [3.63, 3.8) is 0 Å². The SMILES string of the molecule is c1ccc2c(c1)ncn2CCN1CCCC2(CCCNC2)C1. The Hall–Kier alpha value is -1.39. The summed E-state index contributed by atoms with van der Waals surface area (Å²) in [6, 6.07) is 8.43. The molecule has 0 aliphatic carbocycles. The van der Waals surface area contributed by atoms with Gasteiger partial charge in [-0.1, -0.05) is 12.1 Å². The zero-order chi connectivity index (χ0) is 14.8. The van der Waals surface area contributed by atoms with Gasteiger partial charge in [-0.25, -0.2) is 4.98 Å². The molecule has 4 rings (SSSR count). The maximum absolute atomic E-state index is 4.50. The molecule has 2 saturated heterocycles. The van der Waals surface area contributed by atoms with E-state index in [-0.39, 0.29) is 0 Å². The van der Waals surface area contributed by atoms with Crippen molar-refractivity contribution >= 4 is 11.0 Å². The highest BCUT2D eigenvalue weighted by Crippen LogP contribution is 2.35. The zero-order valence-corrected chi connectivity index (χ0v) is 13.3. The van der Waals surface area contributed by atoms with E-state index in [1.54, 1.807) is 0 Å². The number of hydrogen-bond donors (Lipinski definition) is 1. The summed E-state index contributed by atoms with van der Waals surface area (Å²) in [5.74, 6) is 0. The van der Waals surface area contributed by atoms with Crippen LogP contribution in [-0.4, -0.2) is 47.2 Å². The maximum Gasteiger partial charge on any atom is 0.0958 e. The van der Waals surface area contributed by atoms with E-state index in [4.69, 9.17) is 0 Å². The molecule has 2 fully saturated rings. The summed E-state index contributed by atoms with van der Waals surface area (Å²) >= 11 is 0. The molecule has 4 nitrogen and oxygen atoms in total. The molecule has 0 amide bonds. The van der Waals surface area contributed by atoms with Gasteiger partial charge in [0.1, 0.15) is 0 Å². The highest BCUT2D eigenvalue weighted by atomic mass is 15.2. The first kappa shape index (κ1) is 14.2. The van der Waals surface area contributed by atoms with E-state index in [1.807, 2.05) is 6.33 Å². The second-order valence-electron chi connectivity index (χ2n) is 7.09. The first-order valence-corrected chi connectivity index (χ1v) is 8.68. The van der Waals surface area contributed by atoms with Crippen LogP contribution in [0.25, 0.3) is 11.0 Å². The summed E-state index contributed by atoms with van der Waals surface area (Å²) < 4.78 is 2.30. The van der Waals surface area contributed by atoms with E-state index in [0.717, 1.165) is 18.6 Å². The minimum atomic E-state index is 0.549. The van der Waals surface area contributed by atoms with Crippen molar-refractivity contribution in [2.24, 2.45) is 5.41 Å². The van der Waals surface area contributed by atoms with Crippen LogP contribution in [0, 0.1) is 5.41 Å². The van der Waals surface area contributed by atoms with Gasteiger partial charge in [0, 0.05) is 26.2 Å². The number of piperidine rings is 2. The Bertz CT molecular complexity index is 621. The molecule has 1 spiro atoms. The molecule has 0 bridgehead atoms. The number of benzene rings is 1. The summed E-state index contributed by atoms with van der Waals surface area (Å²) in [7, 11) is 0. The number of imidazole rings is 1. The highest BCUT2D eigenvalue weighted by molar-refractivity contribution is 5.74. The van der Waals surface area contributed by atoms with Crippen molar-refractivity contribution in [3.8, 4) is 0 Å². The van der Waals surface area contributed by atoms with Crippen LogP contribution in [-0.2, 0) is 6.54 Å². The van der Waals surface area contributed by atoms with Crippen molar-refractivity contribution < 1.29 is 0 Å². The van der Waals surface area contributed by atoms with Crippen LogP contribution in [0.1, 0.15) is 25.7 Å². The quantitative estimate of drug-likeness (QED) is 0.945. The standard InChI is InChI=1S/C18H26N4/c1-2-6-17-16(5-1)20-15-22(17)12-11-21-10-4-8-18(14-21)7-3-9-19-13-18/h1-2,5-6,15,19H,3-4,7-14H2. The third kappa shape index (κ3) is 2.77. The second-order valence-corrected chi connectivity index (χ2v) is 7.09. The summed E-state index contributed by atoms with van der Waals surface area (Å²) in [6.45, 7) is 7.15. The summed E-state index contributed by atoms with van der Waals surface area (Å²) in [4.78, 5) is 7.17. The molecule has 3 heterocycles. The lowest BCUT2D eigenvalue weighted by atomic mass is 9.74. The topological polar surface area (TPSA) is 33.1 Å². The fourth-order valence-electron chi connectivity index (χ4n) is 4.32. The lowest BCUT2D eigenvalue weighted by Gasteiger charge is -2.45. The van der Waals surface area contributed by atoms with E-state index < -0.39 is 0 Å². The molecule has 22 heavy (non-hydrogen) atoms. The van der Waals surface area contributed by atoms with E-state index in [1.165, 1.54) is 57.4 Å². The summed E-state index contributed by atoms with van der Waals surface area (Å²) in [5, 5.41) is 3.62. The summed E-state index contributed by atoms with van der Waals surface area (Å²) in [5.41, 5.74) is 2.91. The van der Waals surface area contributed by atoms with Crippen molar-refractivity contribution in [3.05, 3.63) is 30.6 Å². The van der Waals surface area contributed by atoms with Crippen molar-refractivity contribution in [2.75, 3.05) is 32.7 Å². The van der Waals surface area contributed by atoms with E-state index in [9.17, 15) is 0 Å². The maximum atomic E-state index is 4.50. The third-order valence-corrected chi connectivity index (χ3v) is 5.49. The Morgan fingerprint density at radius 2 is 2.05 bits per heavy atom. The molecule has 2 aromatic rings. The smallest absolute Gasteiger partial charge is 0.0958 e. The lowest BCUT2D eigenvalue weighted by molar-refractivity contribution is 0.0628. The minimum absolute atomic E-state index is 0.549. The van der Waals surface area contributed by atoms with Crippen LogP contribution in [0.15, 0.2) is 30.6 Å². The molecular formula is C18H26N4. The molecule has 1 aromatic heterocycles. The molecule has 2 aliphatic heterocycles. The Kier molecular flexibility index (Phi) is 3.89. The van der Waals surface area contributed by atoms with Crippen LogP contribution in [0.4, 0.5) is 0 Å². The Morgan fingerprint density at radius 3 is 2.95 bits per heavy atom. The molecule has 1 N–H and O–H groups in total. The number of aromatic nitrogens is 2. The lowest BCUT2D eigenvalue weighted by Crippen LogP contribution is -2.51. The largest absolute Gasteiger partial charge is 0.329 e.